The van der Waals surface area contributed by atoms with Crippen molar-refractivity contribution >= 4 is 23.1 Å². The molecule has 0 bridgehead atoms. The molecule has 0 saturated heterocycles. The number of rotatable bonds is 5. The number of hydrogen-bond donors (Lipinski definition) is 2. The molecular formula is C21H18F3N5O2. The van der Waals surface area contributed by atoms with Gasteiger partial charge in [-0.3, -0.25) is 9.36 Å². The second kappa shape index (κ2) is 7.78. The summed E-state index contributed by atoms with van der Waals surface area (Å²) in [7, 11) is 0. The number of benzene rings is 1. The van der Waals surface area contributed by atoms with Crippen LogP contribution in [0.2, 0.25) is 0 Å². The van der Waals surface area contributed by atoms with Crippen molar-refractivity contribution in [2.24, 2.45) is 0 Å². The van der Waals surface area contributed by atoms with Gasteiger partial charge in [-0.1, -0.05) is 6.58 Å². The molecule has 0 fully saturated rings. The fraction of sp³-hybridized carbons (Fsp3) is 0.190. The van der Waals surface area contributed by atoms with Gasteiger partial charge in [0.15, 0.2) is 0 Å². The predicted molar refractivity (Wildman–Crippen MR) is 109 cm³/mol. The molecule has 1 aromatic carbocycles. The van der Waals surface area contributed by atoms with Gasteiger partial charge in [0.25, 0.3) is 6.01 Å². The maximum absolute atomic E-state index is 12.8. The summed E-state index contributed by atoms with van der Waals surface area (Å²) in [6.45, 7) is 6.02. The number of nitrogens with one attached hydrogen (secondary N) is 2. The minimum absolute atomic E-state index is 0.0173. The number of pyridine rings is 1. The van der Waals surface area contributed by atoms with Crippen molar-refractivity contribution in [3.8, 4) is 17.3 Å². The summed E-state index contributed by atoms with van der Waals surface area (Å²) in [5, 5.41) is 5.70. The van der Waals surface area contributed by atoms with E-state index >= 15 is 0 Å². The Kier molecular flexibility index (Phi) is 5.14. The van der Waals surface area contributed by atoms with Crippen LogP contribution in [0.25, 0.3) is 11.3 Å². The highest BCUT2D eigenvalue weighted by atomic mass is 19.4. The number of amides is 1. The maximum Gasteiger partial charge on any atom is 0.417 e. The first-order valence-corrected chi connectivity index (χ1v) is 9.35. The predicted octanol–water partition coefficient (Wildman–Crippen LogP) is 4.61. The van der Waals surface area contributed by atoms with Crippen LogP contribution in [-0.4, -0.2) is 26.5 Å². The lowest BCUT2D eigenvalue weighted by atomic mass is 10.1. The van der Waals surface area contributed by atoms with Crippen molar-refractivity contribution in [3.05, 3.63) is 60.9 Å². The van der Waals surface area contributed by atoms with E-state index in [1.165, 1.54) is 6.07 Å². The van der Waals surface area contributed by atoms with Crippen LogP contribution in [0.4, 0.5) is 30.4 Å². The van der Waals surface area contributed by atoms with E-state index in [9.17, 15) is 18.0 Å². The van der Waals surface area contributed by atoms with E-state index in [0.717, 1.165) is 18.3 Å². The molecule has 0 unspecified atom stereocenters. The summed E-state index contributed by atoms with van der Waals surface area (Å²) in [6, 6.07) is 7.71. The number of fused-ring (bicyclic) bond motifs is 1. The smallest absolute Gasteiger partial charge is 0.417 e. The average molecular weight is 429 g/mol. The Labute approximate surface area is 175 Å². The van der Waals surface area contributed by atoms with E-state index in [1.54, 1.807) is 18.2 Å². The first kappa shape index (κ1) is 20.5. The Morgan fingerprint density at radius 2 is 2.13 bits per heavy atom. The zero-order valence-corrected chi connectivity index (χ0v) is 16.4. The molecule has 2 N–H and O–H groups in total. The minimum Gasteiger partial charge on any atom is -0.460 e. The van der Waals surface area contributed by atoms with Gasteiger partial charge in [-0.15, -0.1) is 0 Å². The first-order valence-electron chi connectivity index (χ1n) is 9.35. The third kappa shape index (κ3) is 4.37. The van der Waals surface area contributed by atoms with E-state index in [4.69, 9.17) is 4.74 Å². The fourth-order valence-electron chi connectivity index (χ4n) is 3.16. The Hall–Kier alpha value is -3.82. The van der Waals surface area contributed by atoms with Gasteiger partial charge in [-0.2, -0.15) is 18.2 Å². The van der Waals surface area contributed by atoms with E-state index in [2.05, 4.69) is 27.2 Å². The molecule has 1 atom stereocenters. The van der Waals surface area contributed by atoms with E-state index in [-0.39, 0.29) is 17.8 Å². The van der Waals surface area contributed by atoms with Crippen molar-refractivity contribution in [2.45, 2.75) is 25.7 Å². The summed E-state index contributed by atoms with van der Waals surface area (Å²) in [4.78, 5) is 20.0. The summed E-state index contributed by atoms with van der Waals surface area (Å²) in [5.41, 5.74) is 1.41. The highest BCUT2D eigenvalue weighted by Crippen LogP contribution is 2.35. The van der Waals surface area contributed by atoms with Gasteiger partial charge in [-0.05, 0) is 43.3 Å². The van der Waals surface area contributed by atoms with Crippen LogP contribution < -0.4 is 15.4 Å². The van der Waals surface area contributed by atoms with Gasteiger partial charge in [0.2, 0.25) is 5.91 Å². The van der Waals surface area contributed by atoms with Crippen LogP contribution in [-0.2, 0) is 17.5 Å². The largest absolute Gasteiger partial charge is 0.460 e. The Morgan fingerprint density at radius 3 is 2.77 bits per heavy atom. The van der Waals surface area contributed by atoms with Crippen molar-refractivity contribution < 1.29 is 22.7 Å². The van der Waals surface area contributed by atoms with Crippen molar-refractivity contribution in [2.75, 3.05) is 10.6 Å². The fourth-order valence-corrected chi connectivity index (χ4v) is 3.16. The van der Waals surface area contributed by atoms with Gasteiger partial charge < -0.3 is 15.4 Å². The topological polar surface area (TPSA) is 81.1 Å². The second-order valence-electron chi connectivity index (χ2n) is 7.00. The summed E-state index contributed by atoms with van der Waals surface area (Å²) < 4.78 is 45.9. The molecule has 0 spiro atoms. The molecule has 31 heavy (non-hydrogen) atoms. The normalized spacial score (nSPS) is 15.2. The molecule has 1 aliphatic heterocycles. The van der Waals surface area contributed by atoms with Crippen LogP contribution in [0.3, 0.4) is 0 Å². The molecule has 0 aliphatic carbocycles. The molecular weight excluding hydrogens is 411 g/mol. The molecule has 4 rings (SSSR count). The number of anilines is 3. The molecule has 10 heteroatoms. The maximum atomic E-state index is 12.8. The molecule has 7 nitrogen and oxygen atoms in total. The Balaban J connectivity index is 1.69. The third-order valence-electron chi connectivity index (χ3n) is 4.60. The monoisotopic (exact) mass is 429 g/mol. The zero-order valence-electron chi connectivity index (χ0n) is 16.4. The molecule has 2 aromatic heterocycles. The highest BCUT2D eigenvalue weighted by Gasteiger charge is 2.30. The number of hydrogen-bond acceptors (Lipinski definition) is 5. The SMILES string of the molecule is C=CC(=O)Nc1ccc(Nc2ccc(C(F)(F)F)cn2)c(-c2cn3c(n2)O[C@H](C)C3)c1. The third-order valence-corrected chi connectivity index (χ3v) is 4.60. The summed E-state index contributed by atoms with van der Waals surface area (Å²) in [6.07, 6.45) is -0.711. The molecule has 0 saturated carbocycles. The van der Waals surface area contributed by atoms with Crippen LogP contribution in [0.15, 0.2) is 55.4 Å². The number of ether oxygens (including phenoxy) is 1. The molecule has 1 aliphatic rings. The first-order chi connectivity index (χ1) is 14.7. The lowest BCUT2D eigenvalue weighted by Crippen LogP contribution is -2.09. The van der Waals surface area contributed by atoms with Gasteiger partial charge >= 0.3 is 6.18 Å². The lowest BCUT2D eigenvalue weighted by Gasteiger charge is -2.13. The van der Waals surface area contributed by atoms with Crippen LogP contribution in [0.5, 0.6) is 6.01 Å². The van der Waals surface area contributed by atoms with E-state index in [0.29, 0.717) is 35.2 Å². The Morgan fingerprint density at radius 1 is 1.32 bits per heavy atom. The number of carbonyl (C=O) groups is 1. The van der Waals surface area contributed by atoms with Crippen molar-refractivity contribution in [1.29, 1.82) is 0 Å². The Bertz CT molecular complexity index is 1120. The van der Waals surface area contributed by atoms with Crippen LogP contribution >= 0.6 is 0 Å². The summed E-state index contributed by atoms with van der Waals surface area (Å²) in [5.74, 6) is -0.144. The van der Waals surface area contributed by atoms with E-state index in [1.807, 2.05) is 17.7 Å². The van der Waals surface area contributed by atoms with Crippen molar-refractivity contribution in [3.63, 3.8) is 0 Å². The molecule has 1 amide bonds. The number of imidazole rings is 1. The highest BCUT2D eigenvalue weighted by molar-refractivity contribution is 5.99. The van der Waals surface area contributed by atoms with Gasteiger partial charge in [0.1, 0.15) is 11.9 Å². The van der Waals surface area contributed by atoms with Crippen LogP contribution in [0.1, 0.15) is 12.5 Å². The number of alkyl halides is 3. The zero-order chi connectivity index (χ0) is 22.2. The molecule has 0 radical (unpaired) electrons. The summed E-state index contributed by atoms with van der Waals surface area (Å²) >= 11 is 0. The number of nitrogens with zero attached hydrogens (tertiary/aromatic N) is 3. The second-order valence-corrected chi connectivity index (χ2v) is 7.00. The number of carbonyl (C=O) groups excluding carboxylic acids is 1. The number of halogens is 3. The van der Waals surface area contributed by atoms with Crippen LogP contribution in [0, 0.1) is 0 Å². The molecule has 160 valence electrons. The number of aromatic nitrogens is 3. The minimum atomic E-state index is -4.46. The van der Waals surface area contributed by atoms with Gasteiger partial charge in [-0.25, -0.2) is 4.98 Å². The lowest BCUT2D eigenvalue weighted by molar-refractivity contribution is -0.137. The standard InChI is InChI=1S/C21H18F3N5O2/c1-3-19(30)26-14-5-6-16(27-18-7-4-13(9-25-18)21(22,23)24)15(8-14)17-11-29-10-12(2)31-20(29)28-17/h3-9,11-12H,1,10H2,2H3,(H,25,27)(H,26,30)/t12-/m1/s1. The van der Waals surface area contributed by atoms with Crippen molar-refractivity contribution in [1.82, 2.24) is 14.5 Å². The molecule has 3 aromatic rings. The van der Waals surface area contributed by atoms with Gasteiger partial charge in [0.05, 0.1) is 17.8 Å². The average Bonchev–Trinajstić information content (AvgIpc) is 3.26. The van der Waals surface area contributed by atoms with E-state index < -0.39 is 11.7 Å². The van der Waals surface area contributed by atoms with Gasteiger partial charge in [0, 0.05) is 29.3 Å². The quantitative estimate of drug-likeness (QED) is 0.579. The molecule has 3 heterocycles.